The summed E-state index contributed by atoms with van der Waals surface area (Å²) in [4.78, 5) is 0. The van der Waals surface area contributed by atoms with Crippen molar-refractivity contribution in [3.8, 4) is 0 Å². The first-order chi connectivity index (χ1) is 6.56. The maximum atomic E-state index is 9.48. The summed E-state index contributed by atoms with van der Waals surface area (Å²) in [5, 5.41) is 9.48. The van der Waals surface area contributed by atoms with Gasteiger partial charge in [0.2, 0.25) is 0 Å². The van der Waals surface area contributed by atoms with Crippen LogP contribution in [0, 0.1) is 0 Å². The average molecular weight is 201 g/mol. The molecular formula is C12H27NO. The van der Waals surface area contributed by atoms with Gasteiger partial charge in [-0.2, -0.15) is 0 Å². The molecule has 0 saturated carbocycles. The quantitative estimate of drug-likeness (QED) is 0.563. The third-order valence-electron chi connectivity index (χ3n) is 2.49. The Hall–Kier alpha value is -0.0800. The lowest BCUT2D eigenvalue weighted by Crippen LogP contribution is -2.17. The van der Waals surface area contributed by atoms with Crippen LogP contribution >= 0.6 is 0 Å². The van der Waals surface area contributed by atoms with Crippen LogP contribution in [0.4, 0.5) is 0 Å². The van der Waals surface area contributed by atoms with E-state index in [0.29, 0.717) is 0 Å². The Balaban J connectivity index is 2.99. The lowest BCUT2D eigenvalue weighted by Gasteiger charge is -2.16. The van der Waals surface area contributed by atoms with Crippen molar-refractivity contribution < 1.29 is 5.11 Å². The fraction of sp³-hybridized carbons (Fsp3) is 1.00. The number of nitrogens with two attached hydrogens (primary N) is 1. The van der Waals surface area contributed by atoms with Gasteiger partial charge in [-0.3, -0.25) is 0 Å². The highest BCUT2D eigenvalue weighted by atomic mass is 16.3. The molecule has 0 aliphatic heterocycles. The van der Waals surface area contributed by atoms with Gasteiger partial charge in [-0.25, -0.2) is 0 Å². The summed E-state index contributed by atoms with van der Waals surface area (Å²) >= 11 is 0. The molecule has 0 aromatic heterocycles. The highest BCUT2D eigenvalue weighted by Crippen LogP contribution is 2.14. The second kappa shape index (κ2) is 8.25. The van der Waals surface area contributed by atoms with Crippen LogP contribution < -0.4 is 5.73 Å². The van der Waals surface area contributed by atoms with Crippen LogP contribution in [0.3, 0.4) is 0 Å². The minimum atomic E-state index is -0.473. The van der Waals surface area contributed by atoms with Gasteiger partial charge in [0.25, 0.3) is 0 Å². The van der Waals surface area contributed by atoms with Gasteiger partial charge in [0.1, 0.15) is 0 Å². The summed E-state index contributed by atoms with van der Waals surface area (Å²) in [6, 6.07) is 0. The smallest absolute Gasteiger partial charge is 0.0591 e. The Morgan fingerprint density at radius 3 is 1.71 bits per heavy atom. The third-order valence-corrected chi connectivity index (χ3v) is 2.49. The minimum Gasteiger partial charge on any atom is -0.390 e. The van der Waals surface area contributed by atoms with Crippen molar-refractivity contribution in [2.24, 2.45) is 5.73 Å². The summed E-state index contributed by atoms with van der Waals surface area (Å²) in [7, 11) is 0. The first kappa shape index (κ1) is 13.9. The Bertz CT molecular complexity index is 118. The molecule has 0 heterocycles. The molecule has 0 aromatic rings. The molecule has 0 amide bonds. The topological polar surface area (TPSA) is 46.2 Å². The van der Waals surface area contributed by atoms with E-state index in [1.807, 2.05) is 13.8 Å². The van der Waals surface area contributed by atoms with E-state index in [-0.39, 0.29) is 0 Å². The maximum Gasteiger partial charge on any atom is 0.0591 e. The normalized spacial score (nSPS) is 12.0. The van der Waals surface area contributed by atoms with Crippen LogP contribution in [0.15, 0.2) is 0 Å². The monoisotopic (exact) mass is 201 g/mol. The Morgan fingerprint density at radius 1 is 0.857 bits per heavy atom. The van der Waals surface area contributed by atoms with E-state index in [4.69, 9.17) is 5.73 Å². The van der Waals surface area contributed by atoms with Gasteiger partial charge in [0.05, 0.1) is 5.60 Å². The van der Waals surface area contributed by atoms with E-state index in [9.17, 15) is 5.11 Å². The largest absolute Gasteiger partial charge is 0.390 e. The van der Waals surface area contributed by atoms with Crippen LogP contribution in [-0.2, 0) is 0 Å². The number of aliphatic hydroxyl groups is 1. The van der Waals surface area contributed by atoms with E-state index in [0.717, 1.165) is 19.4 Å². The molecule has 0 aliphatic carbocycles. The van der Waals surface area contributed by atoms with Gasteiger partial charge in [-0.15, -0.1) is 0 Å². The molecule has 2 heteroatoms. The highest BCUT2D eigenvalue weighted by Gasteiger charge is 2.10. The summed E-state index contributed by atoms with van der Waals surface area (Å²) in [5.41, 5.74) is 4.94. The Labute approximate surface area is 88.9 Å². The molecule has 3 N–H and O–H groups in total. The highest BCUT2D eigenvalue weighted by molar-refractivity contribution is 4.64. The number of rotatable bonds is 9. The van der Waals surface area contributed by atoms with Crippen molar-refractivity contribution in [2.45, 2.75) is 70.8 Å². The van der Waals surface area contributed by atoms with Gasteiger partial charge in [0, 0.05) is 0 Å². The average Bonchev–Trinajstić information content (AvgIpc) is 2.08. The molecule has 0 unspecified atom stereocenters. The number of hydrogen-bond donors (Lipinski definition) is 2. The molecule has 0 rings (SSSR count). The van der Waals surface area contributed by atoms with Crippen molar-refractivity contribution in [2.75, 3.05) is 6.54 Å². The molecule has 86 valence electrons. The Kier molecular flexibility index (Phi) is 8.20. The zero-order valence-electron chi connectivity index (χ0n) is 9.89. The van der Waals surface area contributed by atoms with E-state index < -0.39 is 5.60 Å². The predicted molar refractivity (Wildman–Crippen MR) is 62.3 cm³/mol. The maximum absolute atomic E-state index is 9.48. The zero-order chi connectivity index (χ0) is 10.9. The van der Waals surface area contributed by atoms with E-state index in [1.54, 1.807) is 0 Å². The van der Waals surface area contributed by atoms with Crippen LogP contribution in [0.2, 0.25) is 0 Å². The molecule has 0 spiro atoms. The molecule has 0 bridgehead atoms. The molecule has 2 nitrogen and oxygen atoms in total. The first-order valence-electron chi connectivity index (χ1n) is 5.99. The van der Waals surface area contributed by atoms with Gasteiger partial charge >= 0.3 is 0 Å². The van der Waals surface area contributed by atoms with E-state index in [2.05, 4.69) is 0 Å². The zero-order valence-corrected chi connectivity index (χ0v) is 9.89. The predicted octanol–water partition coefficient (Wildman–Crippen LogP) is 2.84. The molecule has 0 atom stereocenters. The summed E-state index contributed by atoms with van der Waals surface area (Å²) < 4.78 is 0. The van der Waals surface area contributed by atoms with Gasteiger partial charge in [-0.1, -0.05) is 38.5 Å². The molecule has 0 aliphatic rings. The molecule has 14 heavy (non-hydrogen) atoms. The third kappa shape index (κ3) is 11.9. The molecular weight excluding hydrogens is 174 g/mol. The minimum absolute atomic E-state index is 0.473. The second-order valence-electron chi connectivity index (χ2n) is 4.83. The first-order valence-corrected chi connectivity index (χ1v) is 5.99. The number of hydrogen-bond acceptors (Lipinski definition) is 2. The van der Waals surface area contributed by atoms with Crippen molar-refractivity contribution in [1.29, 1.82) is 0 Å². The molecule has 0 aromatic carbocycles. The fourth-order valence-electron chi connectivity index (χ4n) is 1.59. The van der Waals surface area contributed by atoms with Crippen molar-refractivity contribution in [3.05, 3.63) is 0 Å². The summed E-state index contributed by atoms with van der Waals surface area (Å²) in [6.07, 6.45) is 9.74. The lowest BCUT2D eigenvalue weighted by atomic mass is 10.00. The van der Waals surface area contributed by atoms with E-state index in [1.165, 1.54) is 38.5 Å². The van der Waals surface area contributed by atoms with E-state index >= 15 is 0 Å². The molecule has 0 saturated heterocycles. The van der Waals surface area contributed by atoms with Crippen molar-refractivity contribution in [1.82, 2.24) is 0 Å². The van der Waals surface area contributed by atoms with Crippen LogP contribution in [0.1, 0.15) is 65.2 Å². The van der Waals surface area contributed by atoms with Crippen LogP contribution in [0.5, 0.6) is 0 Å². The van der Waals surface area contributed by atoms with Crippen LogP contribution in [-0.4, -0.2) is 17.3 Å². The second-order valence-corrected chi connectivity index (χ2v) is 4.83. The van der Waals surface area contributed by atoms with Crippen molar-refractivity contribution in [3.63, 3.8) is 0 Å². The molecule has 0 fully saturated rings. The van der Waals surface area contributed by atoms with Gasteiger partial charge in [0.15, 0.2) is 0 Å². The van der Waals surface area contributed by atoms with Gasteiger partial charge in [-0.05, 0) is 33.2 Å². The van der Waals surface area contributed by atoms with Gasteiger partial charge < -0.3 is 10.8 Å². The van der Waals surface area contributed by atoms with Crippen molar-refractivity contribution >= 4 is 0 Å². The summed E-state index contributed by atoms with van der Waals surface area (Å²) in [5.74, 6) is 0. The fourth-order valence-corrected chi connectivity index (χ4v) is 1.59. The Morgan fingerprint density at radius 2 is 1.29 bits per heavy atom. The van der Waals surface area contributed by atoms with Crippen LogP contribution in [0.25, 0.3) is 0 Å². The lowest BCUT2D eigenvalue weighted by molar-refractivity contribution is 0.0680. The number of unbranched alkanes of at least 4 members (excludes halogenated alkanes) is 6. The SMILES string of the molecule is CC(C)(O)CCCCCCCCCN. The standard InChI is InChI=1S/C12H27NO/c1-12(2,14)10-8-6-4-3-5-7-9-11-13/h14H,3-11,13H2,1-2H3. The molecule has 0 radical (unpaired) electrons. The summed E-state index contributed by atoms with van der Waals surface area (Å²) in [6.45, 7) is 4.60.